The first-order valence-electron chi connectivity index (χ1n) is 4.50. The molecule has 0 saturated carbocycles. The summed E-state index contributed by atoms with van der Waals surface area (Å²) in [5.41, 5.74) is 1.66. The van der Waals surface area contributed by atoms with Crippen LogP contribution in [0.25, 0.3) is 0 Å². The maximum atomic E-state index is 12.6. The Morgan fingerprint density at radius 1 is 1.12 bits per heavy atom. The van der Waals surface area contributed by atoms with Crippen LogP contribution < -0.4 is 5.73 Å². The lowest BCUT2D eigenvalue weighted by molar-refractivity contribution is -0.137. The number of hydrogen-bond donors (Lipinski definition) is 1. The average Bonchev–Trinajstić information content (AvgIpc) is 2.15. The van der Waals surface area contributed by atoms with Crippen LogP contribution in [-0.4, -0.2) is 6.43 Å². The molecule has 1 unspecified atom stereocenters. The van der Waals surface area contributed by atoms with Crippen LogP contribution in [0.2, 0.25) is 5.02 Å². The Hall–Kier alpha value is -0.880. The van der Waals surface area contributed by atoms with Crippen molar-refractivity contribution in [3.8, 4) is 0 Å². The summed E-state index contributed by atoms with van der Waals surface area (Å²) in [4.78, 5) is 0. The van der Waals surface area contributed by atoms with E-state index in [2.05, 4.69) is 0 Å². The van der Waals surface area contributed by atoms with Gasteiger partial charge in [0.05, 0.1) is 11.1 Å². The molecule has 0 aliphatic carbocycles. The molecule has 2 N–H and O–H groups in total. The van der Waals surface area contributed by atoms with Crippen LogP contribution in [-0.2, 0) is 11.7 Å². The molecule has 17 heavy (non-hydrogen) atoms. The Morgan fingerprint density at radius 2 is 1.59 bits per heavy atom. The van der Waals surface area contributed by atoms with Crippen LogP contribution in [0.1, 0.15) is 18.1 Å². The second-order valence-electron chi connectivity index (χ2n) is 3.81. The van der Waals surface area contributed by atoms with E-state index in [1.807, 2.05) is 0 Å². The number of hydrogen-bond acceptors (Lipinski definition) is 1. The number of rotatable bonds is 2. The predicted octanol–water partition coefficient (Wildman–Crippen LogP) is 3.80. The van der Waals surface area contributed by atoms with Gasteiger partial charge in [0.2, 0.25) is 0 Å². The Bertz CT molecular complexity index is 414. The summed E-state index contributed by atoms with van der Waals surface area (Å²) in [6, 6.07) is 2.24. The van der Waals surface area contributed by atoms with Gasteiger partial charge < -0.3 is 5.73 Å². The average molecular weight is 274 g/mol. The summed E-state index contributed by atoms with van der Waals surface area (Å²) in [6.45, 7) is 0.948. The fourth-order valence-corrected chi connectivity index (χ4v) is 1.43. The van der Waals surface area contributed by atoms with Gasteiger partial charge in [0.1, 0.15) is 0 Å². The number of alkyl halides is 5. The lowest BCUT2D eigenvalue weighted by atomic mass is 9.92. The molecule has 0 amide bonds. The number of nitrogens with two attached hydrogens (primary N) is 1. The molecule has 0 aliphatic heterocycles. The van der Waals surface area contributed by atoms with Crippen LogP contribution in [0.15, 0.2) is 18.2 Å². The second kappa shape index (κ2) is 4.42. The minimum absolute atomic E-state index is 0.285. The van der Waals surface area contributed by atoms with Gasteiger partial charge in [0.15, 0.2) is 0 Å². The highest BCUT2D eigenvalue weighted by molar-refractivity contribution is 6.30. The van der Waals surface area contributed by atoms with E-state index in [1.165, 1.54) is 0 Å². The number of benzene rings is 1. The van der Waals surface area contributed by atoms with Crippen LogP contribution in [0, 0.1) is 0 Å². The highest BCUT2D eigenvalue weighted by Gasteiger charge is 2.36. The van der Waals surface area contributed by atoms with Crippen LogP contribution in [0.3, 0.4) is 0 Å². The van der Waals surface area contributed by atoms with Gasteiger partial charge >= 0.3 is 6.18 Å². The quantitative estimate of drug-likeness (QED) is 0.815. The highest BCUT2D eigenvalue weighted by Crippen LogP contribution is 2.35. The second-order valence-corrected chi connectivity index (χ2v) is 4.25. The van der Waals surface area contributed by atoms with E-state index in [0.717, 1.165) is 13.0 Å². The van der Waals surface area contributed by atoms with E-state index in [0.29, 0.717) is 12.1 Å². The van der Waals surface area contributed by atoms with Gasteiger partial charge in [-0.1, -0.05) is 11.6 Å². The van der Waals surface area contributed by atoms with Crippen molar-refractivity contribution in [2.75, 3.05) is 0 Å². The monoisotopic (exact) mass is 273 g/mol. The van der Waals surface area contributed by atoms with E-state index in [1.54, 1.807) is 0 Å². The minimum Gasteiger partial charge on any atom is -0.317 e. The molecule has 1 aromatic rings. The first-order valence-corrected chi connectivity index (χ1v) is 4.88. The van der Waals surface area contributed by atoms with Crippen LogP contribution in [0.4, 0.5) is 22.0 Å². The number of halogens is 6. The summed E-state index contributed by atoms with van der Waals surface area (Å²) >= 11 is 5.47. The lowest BCUT2D eigenvalue weighted by Crippen LogP contribution is -2.40. The Kier molecular flexibility index (Phi) is 3.69. The van der Waals surface area contributed by atoms with E-state index in [4.69, 9.17) is 17.3 Å². The molecule has 0 spiro atoms. The topological polar surface area (TPSA) is 26.0 Å². The Labute approximate surface area is 99.4 Å². The third-order valence-electron chi connectivity index (χ3n) is 2.30. The first-order chi connectivity index (χ1) is 7.55. The molecule has 0 aliphatic rings. The lowest BCUT2D eigenvalue weighted by Gasteiger charge is -2.25. The Morgan fingerprint density at radius 3 is 2.00 bits per heavy atom. The van der Waals surface area contributed by atoms with Gasteiger partial charge in [-0.25, -0.2) is 8.78 Å². The Balaban J connectivity index is 3.33. The van der Waals surface area contributed by atoms with Gasteiger partial charge in [0, 0.05) is 5.02 Å². The molecule has 1 atom stereocenters. The van der Waals surface area contributed by atoms with Crippen molar-refractivity contribution in [3.05, 3.63) is 34.3 Å². The molecule has 0 bridgehead atoms. The molecule has 0 aromatic heterocycles. The SMILES string of the molecule is CC(N)(c1cc(Cl)cc(C(F)(F)F)c1)C(F)F. The molecule has 0 saturated heterocycles. The van der Waals surface area contributed by atoms with E-state index in [9.17, 15) is 22.0 Å². The van der Waals surface area contributed by atoms with Gasteiger partial charge in [-0.2, -0.15) is 13.2 Å². The largest absolute Gasteiger partial charge is 0.416 e. The summed E-state index contributed by atoms with van der Waals surface area (Å²) in [5.74, 6) is 0. The zero-order valence-electron chi connectivity index (χ0n) is 8.65. The van der Waals surface area contributed by atoms with Gasteiger partial charge in [0.25, 0.3) is 6.43 Å². The maximum Gasteiger partial charge on any atom is 0.416 e. The zero-order chi connectivity index (χ0) is 13.4. The summed E-state index contributed by atoms with van der Waals surface area (Å²) < 4.78 is 62.6. The van der Waals surface area contributed by atoms with Crippen molar-refractivity contribution in [2.24, 2.45) is 5.73 Å². The van der Waals surface area contributed by atoms with Crippen LogP contribution >= 0.6 is 11.6 Å². The normalized spacial score (nSPS) is 16.1. The van der Waals surface area contributed by atoms with E-state index >= 15 is 0 Å². The molecule has 0 radical (unpaired) electrons. The fraction of sp³-hybridized carbons (Fsp3) is 0.400. The zero-order valence-corrected chi connectivity index (χ0v) is 9.41. The smallest absolute Gasteiger partial charge is 0.317 e. The summed E-state index contributed by atoms with van der Waals surface area (Å²) in [6.07, 6.45) is -7.65. The molecular weight excluding hydrogens is 265 g/mol. The summed E-state index contributed by atoms with van der Waals surface area (Å²) in [5, 5.41) is -0.285. The van der Waals surface area contributed by atoms with Gasteiger partial charge in [-0.3, -0.25) is 0 Å². The van der Waals surface area contributed by atoms with Crippen molar-refractivity contribution >= 4 is 11.6 Å². The molecule has 0 heterocycles. The standard InChI is InChI=1S/C10H9ClF5N/c1-9(17,8(12)13)5-2-6(10(14,15)16)4-7(11)3-5/h2-4,8H,17H2,1H3. The van der Waals surface area contributed by atoms with Gasteiger partial charge in [-0.05, 0) is 30.7 Å². The van der Waals surface area contributed by atoms with Crippen molar-refractivity contribution in [3.63, 3.8) is 0 Å². The molecule has 7 heteroatoms. The van der Waals surface area contributed by atoms with Crippen molar-refractivity contribution in [1.82, 2.24) is 0 Å². The molecule has 0 fully saturated rings. The molecule has 1 rings (SSSR count). The molecular formula is C10H9ClF5N. The van der Waals surface area contributed by atoms with E-state index in [-0.39, 0.29) is 10.6 Å². The third kappa shape index (κ3) is 3.07. The summed E-state index contributed by atoms with van der Waals surface area (Å²) in [7, 11) is 0. The predicted molar refractivity (Wildman–Crippen MR) is 54.0 cm³/mol. The first kappa shape index (κ1) is 14.2. The van der Waals surface area contributed by atoms with Crippen molar-refractivity contribution in [1.29, 1.82) is 0 Å². The van der Waals surface area contributed by atoms with Crippen molar-refractivity contribution in [2.45, 2.75) is 25.1 Å². The molecule has 1 nitrogen and oxygen atoms in total. The fourth-order valence-electron chi connectivity index (χ4n) is 1.19. The molecule has 96 valence electrons. The third-order valence-corrected chi connectivity index (χ3v) is 2.52. The highest BCUT2D eigenvalue weighted by atomic mass is 35.5. The van der Waals surface area contributed by atoms with Crippen LogP contribution in [0.5, 0.6) is 0 Å². The van der Waals surface area contributed by atoms with Crippen molar-refractivity contribution < 1.29 is 22.0 Å². The van der Waals surface area contributed by atoms with E-state index < -0.39 is 23.7 Å². The molecule has 1 aromatic carbocycles. The minimum atomic E-state index is -4.65. The van der Waals surface area contributed by atoms with Gasteiger partial charge in [-0.15, -0.1) is 0 Å². The maximum absolute atomic E-state index is 12.6.